The molecule has 3 aliphatic heterocycles. The highest BCUT2D eigenvalue weighted by atomic mass is 19.4. The van der Waals surface area contributed by atoms with Crippen molar-refractivity contribution in [3.63, 3.8) is 0 Å². The van der Waals surface area contributed by atoms with Crippen LogP contribution in [0.1, 0.15) is 105 Å². The van der Waals surface area contributed by atoms with E-state index in [4.69, 9.17) is 4.79 Å². The number of carbonyl (C=O) groups excluding carboxylic acids is 3. The van der Waals surface area contributed by atoms with Crippen LogP contribution in [0.5, 0.6) is 5.75 Å². The van der Waals surface area contributed by atoms with E-state index in [9.17, 15) is 22.8 Å². The SMILES string of the molecule is C=C1CCC1.CC.CC1=C(c2cccc(OC(F)(F)F)c2)NC(=O)C2(CC1)CCN(/C=C/c1c(C)cc(C(=O)N3CCN(C)CC3)cc1C)CC2.CC=O. The second kappa shape index (κ2) is 20.3. The normalized spacial score (nSPS) is 18.6. The molecule has 2 aromatic rings. The molecular formula is C43H59F3N4O4. The maximum absolute atomic E-state index is 13.6. The van der Waals surface area contributed by atoms with Crippen LogP contribution < -0.4 is 10.1 Å². The van der Waals surface area contributed by atoms with Gasteiger partial charge in [-0.1, -0.05) is 38.1 Å². The molecule has 11 heteroatoms. The zero-order chi connectivity index (χ0) is 40.1. The van der Waals surface area contributed by atoms with Gasteiger partial charge in [0.1, 0.15) is 12.0 Å². The number of piperidine rings is 1. The third-order valence-electron chi connectivity index (χ3n) is 10.4. The van der Waals surface area contributed by atoms with Gasteiger partial charge in [0.05, 0.1) is 5.41 Å². The van der Waals surface area contributed by atoms with Crippen molar-refractivity contribution in [2.45, 2.75) is 92.9 Å². The number of likely N-dealkylation sites (tertiary alicyclic amines) is 1. The number of allylic oxidation sites excluding steroid dienone is 2. The van der Waals surface area contributed by atoms with Crippen LogP contribution in [0.3, 0.4) is 0 Å². The molecule has 2 aromatic carbocycles. The molecule has 2 amide bonds. The summed E-state index contributed by atoms with van der Waals surface area (Å²) in [7, 11) is 2.07. The van der Waals surface area contributed by atoms with Crippen molar-refractivity contribution in [3.05, 3.63) is 88.1 Å². The second-order valence-corrected chi connectivity index (χ2v) is 14.3. The number of hydrogen-bond acceptors (Lipinski definition) is 6. The van der Waals surface area contributed by atoms with Crippen molar-refractivity contribution < 1.29 is 32.3 Å². The van der Waals surface area contributed by atoms with E-state index in [2.05, 4.69) is 45.8 Å². The van der Waals surface area contributed by atoms with Crippen molar-refractivity contribution in [1.29, 1.82) is 0 Å². The van der Waals surface area contributed by atoms with Gasteiger partial charge in [-0.3, -0.25) is 9.59 Å². The van der Waals surface area contributed by atoms with Gasteiger partial charge in [0.2, 0.25) is 5.91 Å². The number of nitrogens with one attached hydrogen (secondary N) is 1. The highest BCUT2D eigenvalue weighted by Crippen LogP contribution is 2.41. The third-order valence-corrected chi connectivity index (χ3v) is 10.4. The zero-order valence-electron chi connectivity index (χ0n) is 33.2. The first-order chi connectivity index (χ1) is 25.6. The molecule has 0 bridgehead atoms. The topological polar surface area (TPSA) is 82.2 Å². The van der Waals surface area contributed by atoms with E-state index in [0.29, 0.717) is 50.0 Å². The second-order valence-electron chi connectivity index (χ2n) is 14.3. The minimum Gasteiger partial charge on any atom is -0.406 e. The summed E-state index contributed by atoms with van der Waals surface area (Å²) in [6, 6.07) is 9.71. The van der Waals surface area contributed by atoms with Crippen molar-refractivity contribution in [2.75, 3.05) is 46.3 Å². The molecule has 2 saturated heterocycles. The Morgan fingerprint density at radius 1 is 0.926 bits per heavy atom. The number of hydrogen-bond donors (Lipinski definition) is 1. The number of rotatable bonds is 5. The Morgan fingerprint density at radius 3 is 2.02 bits per heavy atom. The lowest BCUT2D eigenvalue weighted by Gasteiger charge is -2.39. The first kappa shape index (κ1) is 44.0. The number of aryl methyl sites for hydroxylation is 2. The van der Waals surface area contributed by atoms with Crippen molar-refractivity contribution >= 4 is 29.9 Å². The number of halogens is 3. The summed E-state index contributed by atoms with van der Waals surface area (Å²) in [6.07, 6.45) is 6.83. The van der Waals surface area contributed by atoms with E-state index < -0.39 is 11.8 Å². The van der Waals surface area contributed by atoms with Gasteiger partial charge in [-0.2, -0.15) is 0 Å². The fourth-order valence-electron chi connectivity index (χ4n) is 6.92. The first-order valence-corrected chi connectivity index (χ1v) is 19.1. The molecule has 1 N–H and O–H groups in total. The van der Waals surface area contributed by atoms with Crippen LogP contribution in [-0.4, -0.2) is 85.5 Å². The van der Waals surface area contributed by atoms with Gasteiger partial charge in [-0.15, -0.1) is 13.2 Å². The van der Waals surface area contributed by atoms with E-state index in [1.165, 1.54) is 50.0 Å². The molecule has 54 heavy (non-hydrogen) atoms. The highest BCUT2D eigenvalue weighted by molar-refractivity contribution is 5.95. The summed E-state index contributed by atoms with van der Waals surface area (Å²) >= 11 is 0. The van der Waals surface area contributed by atoms with E-state index in [1.54, 1.807) is 6.07 Å². The molecule has 3 fully saturated rings. The van der Waals surface area contributed by atoms with Crippen LogP contribution in [0.15, 0.2) is 60.3 Å². The lowest BCUT2D eigenvalue weighted by Crippen LogP contribution is -2.47. The van der Waals surface area contributed by atoms with Gasteiger partial charge in [0, 0.05) is 56.1 Å². The van der Waals surface area contributed by atoms with Gasteiger partial charge in [0.15, 0.2) is 0 Å². The van der Waals surface area contributed by atoms with Gasteiger partial charge in [-0.05, 0) is 138 Å². The molecule has 296 valence electrons. The maximum Gasteiger partial charge on any atom is 0.573 e. The Morgan fingerprint density at radius 2 is 1.50 bits per heavy atom. The van der Waals surface area contributed by atoms with Crippen molar-refractivity contribution in [3.8, 4) is 5.75 Å². The van der Waals surface area contributed by atoms with E-state index >= 15 is 0 Å². The number of amides is 2. The van der Waals surface area contributed by atoms with E-state index in [-0.39, 0.29) is 17.6 Å². The number of ether oxygens (including phenoxy) is 1. The van der Waals surface area contributed by atoms with Crippen LogP contribution in [0.25, 0.3) is 11.8 Å². The molecule has 3 heterocycles. The molecule has 0 atom stereocenters. The zero-order valence-corrected chi connectivity index (χ0v) is 33.2. The molecule has 1 saturated carbocycles. The van der Waals surface area contributed by atoms with E-state index in [1.807, 2.05) is 51.7 Å². The summed E-state index contributed by atoms with van der Waals surface area (Å²) in [5.41, 5.74) is 6.80. The summed E-state index contributed by atoms with van der Waals surface area (Å²) < 4.78 is 42.4. The molecule has 1 aliphatic carbocycles. The molecule has 0 unspecified atom stereocenters. The number of piperazine rings is 1. The minimum atomic E-state index is -4.79. The summed E-state index contributed by atoms with van der Waals surface area (Å²) in [5.74, 6) is -0.314. The summed E-state index contributed by atoms with van der Waals surface area (Å²) in [4.78, 5) is 41.9. The Bertz CT molecular complexity index is 1640. The average Bonchev–Trinajstić information content (AvgIpc) is 3.24. The largest absolute Gasteiger partial charge is 0.573 e. The van der Waals surface area contributed by atoms with Crippen LogP contribution in [0.4, 0.5) is 13.2 Å². The molecule has 1 spiro atoms. The van der Waals surface area contributed by atoms with Crippen molar-refractivity contribution in [2.24, 2.45) is 5.41 Å². The van der Waals surface area contributed by atoms with Crippen LogP contribution in [0.2, 0.25) is 0 Å². The fourth-order valence-corrected chi connectivity index (χ4v) is 6.92. The maximum atomic E-state index is 13.6. The van der Waals surface area contributed by atoms with Crippen LogP contribution in [-0.2, 0) is 9.59 Å². The molecule has 0 aromatic heterocycles. The van der Waals surface area contributed by atoms with Gasteiger partial charge < -0.3 is 29.5 Å². The predicted molar refractivity (Wildman–Crippen MR) is 211 cm³/mol. The van der Waals surface area contributed by atoms with Gasteiger partial charge >= 0.3 is 6.36 Å². The molecule has 4 aliphatic rings. The Kier molecular flexibility index (Phi) is 16.6. The molecule has 6 rings (SSSR count). The van der Waals surface area contributed by atoms with Gasteiger partial charge in [-0.25, -0.2) is 0 Å². The first-order valence-electron chi connectivity index (χ1n) is 19.1. The van der Waals surface area contributed by atoms with Gasteiger partial charge in [0.25, 0.3) is 5.91 Å². The lowest BCUT2D eigenvalue weighted by atomic mass is 9.74. The fraction of sp³-hybridized carbons (Fsp3) is 0.512. The van der Waals surface area contributed by atoms with E-state index in [0.717, 1.165) is 60.3 Å². The minimum absolute atomic E-state index is 0.0811. The summed E-state index contributed by atoms with van der Waals surface area (Å²) in [6.45, 7) is 19.9. The lowest BCUT2D eigenvalue weighted by molar-refractivity contribution is -0.274. The number of likely N-dealkylation sites (N-methyl/N-ethyl adjacent to an activating group) is 1. The number of nitrogens with zero attached hydrogens (tertiary/aromatic N) is 3. The molecular weight excluding hydrogens is 693 g/mol. The van der Waals surface area contributed by atoms with Crippen LogP contribution >= 0.6 is 0 Å². The quantitative estimate of drug-likeness (QED) is 0.243. The number of aldehydes is 1. The molecule has 8 nitrogen and oxygen atoms in total. The van der Waals surface area contributed by atoms with Crippen LogP contribution in [0, 0.1) is 19.3 Å². The Hall–Kier alpha value is -4.38. The smallest absolute Gasteiger partial charge is 0.406 e. The monoisotopic (exact) mass is 752 g/mol. The van der Waals surface area contributed by atoms with Crippen molar-refractivity contribution in [1.82, 2.24) is 20.0 Å². The average molecular weight is 753 g/mol. The third kappa shape index (κ3) is 12.3. The molecule has 0 radical (unpaired) electrons. The number of benzene rings is 2. The Labute approximate surface area is 320 Å². The summed E-state index contributed by atoms with van der Waals surface area (Å²) in [5, 5.41) is 3.06. The Balaban J connectivity index is 0.000000694. The predicted octanol–water partition coefficient (Wildman–Crippen LogP) is 8.94. The number of alkyl halides is 3. The number of carbonyl (C=O) groups is 3. The highest BCUT2D eigenvalue weighted by Gasteiger charge is 2.42. The standard InChI is InChI=1S/C34H41F3N4O3.C5H8.C2H4O.C2H6/c1-23-8-10-33(32(43)38-30(23)26-6-5-7-28(22-26)44-34(35,36)37)11-14-40(15-12-33)13-9-29-24(2)20-27(21-25(29)3)31(42)41-18-16-39(4)17-19-41;1-5-3-2-4-5;1-2-3;1-2/h5-7,9,13,20-22H,8,10-12,14-19H2,1-4H3,(H,38,43);1-4H2;2H,1H3;1-2H3/b13-9+;;;.